The van der Waals surface area contributed by atoms with Gasteiger partial charge in [-0.05, 0) is 6.07 Å². The minimum absolute atomic E-state index is 0.0758. The summed E-state index contributed by atoms with van der Waals surface area (Å²) in [4.78, 5) is 3.97. The molecule has 0 saturated carbocycles. The molecule has 0 unspecified atom stereocenters. The van der Waals surface area contributed by atoms with Gasteiger partial charge in [0.25, 0.3) is 0 Å². The fraction of sp³-hybridized carbons (Fsp3) is 0.444. The average molecular weight is 164 g/mol. The lowest BCUT2D eigenvalue weighted by Gasteiger charge is -2.14. The van der Waals surface area contributed by atoms with E-state index in [9.17, 15) is 0 Å². The lowest BCUT2D eigenvalue weighted by atomic mass is 9.88. The van der Waals surface area contributed by atoms with Crippen LogP contribution in [0, 0.1) is 0 Å². The molecule has 2 rings (SSSR count). The number of hydrogen-bond donors (Lipinski definition) is 1. The number of nitrogen functional groups attached to an aromatic ring is 1. The molecule has 0 amide bonds. The monoisotopic (exact) mass is 164 g/mol. The summed E-state index contributed by atoms with van der Waals surface area (Å²) in [6, 6.07) is 1.97. The van der Waals surface area contributed by atoms with Crippen molar-refractivity contribution in [2.45, 2.75) is 19.3 Å². The van der Waals surface area contributed by atoms with E-state index in [4.69, 9.17) is 10.5 Å². The zero-order valence-corrected chi connectivity index (χ0v) is 7.29. The van der Waals surface area contributed by atoms with Gasteiger partial charge in [0, 0.05) is 17.2 Å². The first-order valence-corrected chi connectivity index (χ1v) is 3.99. The summed E-state index contributed by atoms with van der Waals surface area (Å²) < 4.78 is 5.46. The lowest BCUT2D eigenvalue weighted by molar-refractivity contribution is 0.291. The second-order valence-electron chi connectivity index (χ2n) is 3.75. The predicted octanol–water partition coefficient (Wildman–Crippen LogP) is 1.33. The van der Waals surface area contributed by atoms with Gasteiger partial charge in [0.1, 0.15) is 0 Å². The number of ether oxygens (including phenoxy) is 1. The van der Waals surface area contributed by atoms with E-state index < -0.39 is 0 Å². The molecule has 64 valence electrons. The smallest absolute Gasteiger partial charge is 0.166 e. The summed E-state index contributed by atoms with van der Waals surface area (Å²) >= 11 is 0. The molecular weight excluding hydrogens is 152 g/mol. The van der Waals surface area contributed by atoms with E-state index >= 15 is 0 Å². The molecule has 0 aliphatic carbocycles. The molecule has 1 aromatic rings. The molecule has 0 spiro atoms. The molecule has 3 nitrogen and oxygen atoms in total. The number of rotatable bonds is 0. The second kappa shape index (κ2) is 2.12. The topological polar surface area (TPSA) is 48.1 Å². The highest BCUT2D eigenvalue weighted by Crippen LogP contribution is 2.40. The maximum Gasteiger partial charge on any atom is 0.166 e. The molecular formula is C9H12N2O. The summed E-state index contributed by atoms with van der Waals surface area (Å²) in [5.41, 5.74) is 6.89. The van der Waals surface area contributed by atoms with Crippen LogP contribution in [0.2, 0.25) is 0 Å². The Bertz CT molecular complexity index is 320. The number of hydrogen-bond acceptors (Lipinski definition) is 3. The number of pyridine rings is 1. The Hall–Kier alpha value is -1.25. The van der Waals surface area contributed by atoms with Crippen LogP contribution in [0.1, 0.15) is 19.4 Å². The summed E-state index contributed by atoms with van der Waals surface area (Å²) in [7, 11) is 0. The standard InChI is InChI=1S/C9H12N2O/c1-9(2)5-12-7-6(9)3-4-11-8(7)10/h3-4H,5H2,1-2H3,(H2,10,11). The zero-order valence-electron chi connectivity index (χ0n) is 7.29. The largest absolute Gasteiger partial charge is 0.488 e. The molecule has 0 bridgehead atoms. The van der Waals surface area contributed by atoms with E-state index in [1.807, 2.05) is 6.07 Å². The van der Waals surface area contributed by atoms with Crippen molar-refractivity contribution < 1.29 is 4.74 Å². The molecule has 0 atom stereocenters. The molecule has 1 aromatic heterocycles. The van der Waals surface area contributed by atoms with Crippen molar-refractivity contribution in [1.82, 2.24) is 4.98 Å². The summed E-state index contributed by atoms with van der Waals surface area (Å²) in [6.07, 6.45) is 1.73. The molecule has 1 aliphatic heterocycles. The molecule has 1 aliphatic rings. The number of anilines is 1. The first-order chi connectivity index (χ1) is 5.61. The maximum atomic E-state index is 5.66. The highest BCUT2D eigenvalue weighted by atomic mass is 16.5. The quantitative estimate of drug-likeness (QED) is 0.629. The van der Waals surface area contributed by atoms with E-state index in [1.165, 1.54) is 0 Å². The van der Waals surface area contributed by atoms with Crippen LogP contribution in [0.5, 0.6) is 5.75 Å². The van der Waals surface area contributed by atoms with Crippen LogP contribution in [-0.4, -0.2) is 11.6 Å². The Labute approximate surface area is 71.6 Å². The molecule has 2 N–H and O–H groups in total. The van der Waals surface area contributed by atoms with E-state index in [2.05, 4.69) is 18.8 Å². The molecule has 2 heterocycles. The van der Waals surface area contributed by atoms with Crippen molar-refractivity contribution in [1.29, 1.82) is 0 Å². The Morgan fingerprint density at radius 1 is 1.58 bits per heavy atom. The van der Waals surface area contributed by atoms with Crippen LogP contribution < -0.4 is 10.5 Å². The Morgan fingerprint density at radius 2 is 2.33 bits per heavy atom. The third-order valence-corrected chi connectivity index (χ3v) is 2.24. The van der Waals surface area contributed by atoms with Gasteiger partial charge in [-0.3, -0.25) is 0 Å². The Kier molecular flexibility index (Phi) is 1.31. The zero-order chi connectivity index (χ0) is 8.77. The Balaban J connectivity index is 2.61. The number of nitrogens with zero attached hydrogens (tertiary/aromatic N) is 1. The number of aromatic nitrogens is 1. The van der Waals surface area contributed by atoms with Gasteiger partial charge in [-0.25, -0.2) is 4.98 Å². The molecule has 0 saturated heterocycles. The van der Waals surface area contributed by atoms with Gasteiger partial charge < -0.3 is 10.5 Å². The van der Waals surface area contributed by atoms with Crippen molar-refractivity contribution in [3.63, 3.8) is 0 Å². The molecule has 0 radical (unpaired) electrons. The van der Waals surface area contributed by atoms with Gasteiger partial charge in [-0.15, -0.1) is 0 Å². The lowest BCUT2D eigenvalue weighted by Crippen LogP contribution is -2.18. The Morgan fingerprint density at radius 3 is 3.00 bits per heavy atom. The van der Waals surface area contributed by atoms with E-state index in [0.717, 1.165) is 11.3 Å². The van der Waals surface area contributed by atoms with Crippen LogP contribution in [0.15, 0.2) is 12.3 Å². The first-order valence-electron chi connectivity index (χ1n) is 3.99. The van der Waals surface area contributed by atoms with E-state index in [0.29, 0.717) is 12.4 Å². The average Bonchev–Trinajstić information content (AvgIpc) is 2.30. The van der Waals surface area contributed by atoms with Crippen molar-refractivity contribution in [2.24, 2.45) is 0 Å². The predicted molar refractivity (Wildman–Crippen MR) is 47.2 cm³/mol. The summed E-state index contributed by atoms with van der Waals surface area (Å²) in [5.74, 6) is 1.26. The fourth-order valence-corrected chi connectivity index (χ4v) is 1.48. The van der Waals surface area contributed by atoms with Crippen LogP contribution >= 0.6 is 0 Å². The summed E-state index contributed by atoms with van der Waals surface area (Å²) in [6.45, 7) is 4.97. The van der Waals surface area contributed by atoms with Gasteiger partial charge in [0.05, 0.1) is 6.61 Å². The first kappa shape index (κ1) is 7.40. The normalized spacial score (nSPS) is 18.5. The van der Waals surface area contributed by atoms with Crippen molar-refractivity contribution >= 4 is 5.82 Å². The van der Waals surface area contributed by atoms with Crippen LogP contribution in [0.4, 0.5) is 5.82 Å². The van der Waals surface area contributed by atoms with E-state index in [-0.39, 0.29) is 5.41 Å². The van der Waals surface area contributed by atoms with Gasteiger partial charge in [-0.1, -0.05) is 13.8 Å². The summed E-state index contributed by atoms with van der Waals surface area (Å²) in [5, 5.41) is 0. The molecule has 3 heteroatoms. The van der Waals surface area contributed by atoms with Crippen LogP contribution in [0.25, 0.3) is 0 Å². The minimum atomic E-state index is 0.0758. The second-order valence-corrected chi connectivity index (χ2v) is 3.75. The fourth-order valence-electron chi connectivity index (χ4n) is 1.48. The van der Waals surface area contributed by atoms with Gasteiger partial charge in [0.2, 0.25) is 0 Å². The minimum Gasteiger partial charge on any atom is -0.488 e. The number of nitrogens with two attached hydrogens (primary N) is 1. The highest BCUT2D eigenvalue weighted by molar-refractivity contribution is 5.55. The third kappa shape index (κ3) is 0.858. The molecule has 12 heavy (non-hydrogen) atoms. The van der Waals surface area contributed by atoms with E-state index in [1.54, 1.807) is 6.20 Å². The van der Waals surface area contributed by atoms with Crippen LogP contribution in [-0.2, 0) is 5.41 Å². The molecule has 0 aromatic carbocycles. The maximum absolute atomic E-state index is 5.66. The third-order valence-electron chi connectivity index (χ3n) is 2.24. The highest BCUT2D eigenvalue weighted by Gasteiger charge is 2.33. The van der Waals surface area contributed by atoms with Gasteiger partial charge in [0.15, 0.2) is 11.6 Å². The SMILES string of the molecule is CC1(C)COc2c1ccnc2N. The van der Waals surface area contributed by atoms with Crippen LogP contribution in [0.3, 0.4) is 0 Å². The van der Waals surface area contributed by atoms with Gasteiger partial charge >= 0.3 is 0 Å². The van der Waals surface area contributed by atoms with Crippen molar-refractivity contribution in [3.05, 3.63) is 17.8 Å². The molecule has 0 fully saturated rings. The van der Waals surface area contributed by atoms with Crippen molar-refractivity contribution in [2.75, 3.05) is 12.3 Å². The van der Waals surface area contributed by atoms with Gasteiger partial charge in [-0.2, -0.15) is 0 Å². The number of fused-ring (bicyclic) bond motifs is 1. The van der Waals surface area contributed by atoms with Crippen molar-refractivity contribution in [3.8, 4) is 5.75 Å².